The Morgan fingerprint density at radius 3 is 2.28 bits per heavy atom. The van der Waals surface area contributed by atoms with Crippen molar-refractivity contribution in [1.29, 1.82) is 0 Å². The highest BCUT2D eigenvalue weighted by Gasteiger charge is 2.54. The van der Waals surface area contributed by atoms with Gasteiger partial charge in [0.2, 0.25) is 0 Å². The lowest BCUT2D eigenvalue weighted by Gasteiger charge is -2.30. The minimum atomic E-state index is -3.93. The van der Waals surface area contributed by atoms with Gasteiger partial charge in [-0.1, -0.05) is 41.9 Å². The molecule has 1 fully saturated rings. The summed E-state index contributed by atoms with van der Waals surface area (Å²) in [4.78, 5) is 17.4. The van der Waals surface area contributed by atoms with Crippen molar-refractivity contribution in [2.75, 3.05) is 13.2 Å². The molecule has 0 saturated carbocycles. The molecule has 1 amide bonds. The maximum atomic E-state index is 13.2. The average molecular weight is 435 g/mol. The standard InChI is InChI=1S/C21H23ClN2O4S/c1-21(2,3)24-20(25)18(19(29(24,26)27)15-7-5-4-6-8-15)23-13-14-28-17-11-9-16(22)10-12-17/h4-12,19H,13-14H2,1-3H3. The van der Waals surface area contributed by atoms with Gasteiger partial charge in [0, 0.05) is 5.02 Å². The molecule has 6 nitrogen and oxygen atoms in total. The first-order valence-corrected chi connectivity index (χ1v) is 11.1. The summed E-state index contributed by atoms with van der Waals surface area (Å²) in [7, 11) is -3.93. The number of nitrogens with zero attached hydrogens (tertiary/aromatic N) is 2. The van der Waals surface area contributed by atoms with Crippen molar-refractivity contribution in [2.45, 2.75) is 31.6 Å². The number of carbonyl (C=O) groups excluding carboxylic acids is 1. The predicted molar refractivity (Wildman–Crippen MR) is 114 cm³/mol. The topological polar surface area (TPSA) is 76.0 Å². The molecule has 154 valence electrons. The molecule has 0 N–H and O–H groups in total. The Morgan fingerprint density at radius 2 is 1.69 bits per heavy atom. The summed E-state index contributed by atoms with van der Waals surface area (Å²) >= 11 is 5.85. The summed E-state index contributed by atoms with van der Waals surface area (Å²) in [6.07, 6.45) is 0. The van der Waals surface area contributed by atoms with E-state index in [0.29, 0.717) is 16.3 Å². The Bertz CT molecular complexity index is 1010. The molecular weight excluding hydrogens is 412 g/mol. The number of halogens is 1. The van der Waals surface area contributed by atoms with E-state index in [1.165, 1.54) is 0 Å². The normalized spacial score (nSPS) is 20.3. The molecule has 2 aromatic carbocycles. The van der Waals surface area contributed by atoms with E-state index in [1.807, 2.05) is 0 Å². The van der Waals surface area contributed by atoms with Crippen LogP contribution < -0.4 is 4.74 Å². The molecule has 0 aromatic heterocycles. The van der Waals surface area contributed by atoms with Gasteiger partial charge in [0.15, 0.2) is 5.25 Å². The molecule has 1 aliphatic rings. The summed E-state index contributed by atoms with van der Waals surface area (Å²) in [6, 6.07) is 15.6. The van der Waals surface area contributed by atoms with Crippen molar-refractivity contribution in [3.8, 4) is 5.75 Å². The van der Waals surface area contributed by atoms with Gasteiger partial charge in [-0.3, -0.25) is 9.79 Å². The Hall–Kier alpha value is -2.38. The lowest BCUT2D eigenvalue weighted by atomic mass is 10.1. The monoisotopic (exact) mass is 434 g/mol. The van der Waals surface area contributed by atoms with E-state index >= 15 is 0 Å². The molecule has 0 aliphatic carbocycles. The van der Waals surface area contributed by atoms with Crippen molar-refractivity contribution in [3.05, 3.63) is 65.2 Å². The van der Waals surface area contributed by atoms with Gasteiger partial charge in [-0.25, -0.2) is 12.7 Å². The molecule has 1 aliphatic heterocycles. The fraction of sp³-hybridized carbons (Fsp3) is 0.333. The van der Waals surface area contributed by atoms with E-state index in [4.69, 9.17) is 16.3 Å². The zero-order valence-electron chi connectivity index (χ0n) is 16.5. The molecule has 8 heteroatoms. The first kappa shape index (κ1) is 21.3. The van der Waals surface area contributed by atoms with Crippen molar-refractivity contribution in [2.24, 2.45) is 4.99 Å². The number of aliphatic imine (C=N–C) groups is 1. The van der Waals surface area contributed by atoms with Crippen LogP contribution in [0.15, 0.2) is 59.6 Å². The number of benzene rings is 2. The number of amides is 1. The van der Waals surface area contributed by atoms with E-state index in [0.717, 1.165) is 4.31 Å². The van der Waals surface area contributed by atoms with Crippen LogP contribution in [-0.2, 0) is 14.8 Å². The third-order valence-electron chi connectivity index (χ3n) is 4.37. The number of sulfonamides is 1. The van der Waals surface area contributed by atoms with E-state index < -0.39 is 26.7 Å². The molecule has 0 spiro atoms. The first-order valence-electron chi connectivity index (χ1n) is 9.18. The van der Waals surface area contributed by atoms with Crippen LogP contribution in [0.2, 0.25) is 5.02 Å². The van der Waals surface area contributed by atoms with Crippen LogP contribution in [0, 0.1) is 0 Å². The molecule has 3 rings (SSSR count). The lowest BCUT2D eigenvalue weighted by molar-refractivity contribution is -0.122. The number of hydrogen-bond acceptors (Lipinski definition) is 5. The lowest BCUT2D eigenvalue weighted by Crippen LogP contribution is -2.45. The SMILES string of the molecule is CC(C)(C)N1C(=O)C(=NCCOc2ccc(Cl)cc2)C(c2ccccc2)S1(=O)=O. The summed E-state index contributed by atoms with van der Waals surface area (Å²) in [6.45, 7) is 5.43. The molecule has 2 aromatic rings. The fourth-order valence-electron chi connectivity index (χ4n) is 3.23. The van der Waals surface area contributed by atoms with Gasteiger partial charge in [-0.05, 0) is 50.6 Å². The summed E-state index contributed by atoms with van der Waals surface area (Å²) in [5, 5.41) is -0.515. The van der Waals surface area contributed by atoms with E-state index in [-0.39, 0.29) is 18.9 Å². The fourth-order valence-corrected chi connectivity index (χ4v) is 5.62. The van der Waals surface area contributed by atoms with E-state index in [1.54, 1.807) is 75.4 Å². The van der Waals surface area contributed by atoms with Crippen LogP contribution in [-0.4, -0.2) is 43.0 Å². The van der Waals surface area contributed by atoms with Gasteiger partial charge in [0.05, 0.1) is 12.1 Å². The second-order valence-electron chi connectivity index (χ2n) is 7.65. The van der Waals surface area contributed by atoms with Crippen LogP contribution in [0.3, 0.4) is 0 Å². The highest BCUT2D eigenvalue weighted by Crippen LogP contribution is 2.38. The Balaban J connectivity index is 1.88. The molecule has 1 unspecified atom stereocenters. The Labute approximate surface area is 176 Å². The van der Waals surface area contributed by atoms with Gasteiger partial charge in [0.25, 0.3) is 15.9 Å². The maximum absolute atomic E-state index is 13.2. The number of ether oxygens (including phenoxy) is 1. The van der Waals surface area contributed by atoms with E-state index in [2.05, 4.69) is 4.99 Å². The molecule has 0 bridgehead atoms. The van der Waals surface area contributed by atoms with Crippen LogP contribution in [0.25, 0.3) is 0 Å². The minimum Gasteiger partial charge on any atom is -0.492 e. The van der Waals surface area contributed by atoms with Crippen LogP contribution in [0.1, 0.15) is 31.6 Å². The van der Waals surface area contributed by atoms with Crippen LogP contribution in [0.4, 0.5) is 0 Å². The van der Waals surface area contributed by atoms with Gasteiger partial charge < -0.3 is 4.74 Å². The molecule has 1 heterocycles. The van der Waals surface area contributed by atoms with Gasteiger partial charge in [0.1, 0.15) is 18.1 Å². The van der Waals surface area contributed by atoms with Gasteiger partial charge in [-0.2, -0.15) is 0 Å². The second kappa shape index (κ2) is 8.16. The van der Waals surface area contributed by atoms with Gasteiger partial charge >= 0.3 is 0 Å². The minimum absolute atomic E-state index is 0.0193. The zero-order valence-corrected chi connectivity index (χ0v) is 18.1. The zero-order chi connectivity index (χ0) is 21.2. The van der Waals surface area contributed by atoms with E-state index in [9.17, 15) is 13.2 Å². The Morgan fingerprint density at radius 1 is 1.07 bits per heavy atom. The van der Waals surface area contributed by atoms with Crippen LogP contribution >= 0.6 is 11.6 Å². The van der Waals surface area contributed by atoms with Gasteiger partial charge in [-0.15, -0.1) is 0 Å². The second-order valence-corrected chi connectivity index (χ2v) is 9.95. The number of hydrogen-bond donors (Lipinski definition) is 0. The molecule has 1 atom stereocenters. The highest BCUT2D eigenvalue weighted by atomic mass is 35.5. The summed E-state index contributed by atoms with van der Waals surface area (Å²) in [5.74, 6) is 0.0359. The van der Waals surface area contributed by atoms with Crippen molar-refractivity contribution < 1.29 is 17.9 Å². The first-order chi connectivity index (χ1) is 13.6. The van der Waals surface area contributed by atoms with Crippen molar-refractivity contribution in [3.63, 3.8) is 0 Å². The molecule has 1 saturated heterocycles. The predicted octanol–water partition coefficient (Wildman–Crippen LogP) is 3.87. The number of carbonyl (C=O) groups is 1. The Kier molecular flexibility index (Phi) is 6.00. The smallest absolute Gasteiger partial charge is 0.283 e. The largest absolute Gasteiger partial charge is 0.492 e. The van der Waals surface area contributed by atoms with Crippen molar-refractivity contribution in [1.82, 2.24) is 4.31 Å². The summed E-state index contributed by atoms with van der Waals surface area (Å²) in [5.41, 5.74) is -0.351. The molecule has 0 radical (unpaired) electrons. The van der Waals surface area contributed by atoms with Crippen molar-refractivity contribution >= 4 is 33.2 Å². The number of rotatable bonds is 5. The third kappa shape index (κ3) is 4.46. The van der Waals surface area contributed by atoms with Crippen LogP contribution in [0.5, 0.6) is 5.75 Å². The maximum Gasteiger partial charge on any atom is 0.283 e. The quantitative estimate of drug-likeness (QED) is 0.669. The highest BCUT2D eigenvalue weighted by molar-refractivity contribution is 7.91. The summed E-state index contributed by atoms with van der Waals surface area (Å²) < 4.78 is 33.0. The molecule has 29 heavy (non-hydrogen) atoms. The third-order valence-corrected chi connectivity index (χ3v) is 6.94. The molecular formula is C21H23ClN2O4S. The average Bonchev–Trinajstić information content (AvgIpc) is 2.85.